The number of hydrogen-bond acceptors (Lipinski definition) is 4. The highest BCUT2D eigenvalue weighted by Gasteiger charge is 2.40. The molecule has 1 atom stereocenters. The zero-order valence-electron chi connectivity index (χ0n) is 13.3. The van der Waals surface area contributed by atoms with Gasteiger partial charge in [-0.15, -0.1) is 0 Å². The molecule has 0 spiro atoms. The fourth-order valence-corrected chi connectivity index (χ4v) is 2.73. The van der Waals surface area contributed by atoms with E-state index in [2.05, 4.69) is 5.32 Å². The molecule has 1 unspecified atom stereocenters. The van der Waals surface area contributed by atoms with Gasteiger partial charge in [0.1, 0.15) is 11.9 Å². The topological polar surface area (TPSA) is 86.7 Å². The van der Waals surface area contributed by atoms with Crippen LogP contribution in [0.1, 0.15) is 22.3 Å². The highest BCUT2D eigenvalue weighted by atomic mass is 19.1. The second-order valence-electron chi connectivity index (χ2n) is 5.78. The van der Waals surface area contributed by atoms with Gasteiger partial charge in [-0.3, -0.25) is 9.59 Å². The number of nitrogens with one attached hydrogen (secondary N) is 1. The summed E-state index contributed by atoms with van der Waals surface area (Å²) in [6.07, 6.45) is -0.0626. The van der Waals surface area contributed by atoms with E-state index in [9.17, 15) is 18.8 Å². The first kappa shape index (κ1) is 16.6. The van der Waals surface area contributed by atoms with E-state index < -0.39 is 29.6 Å². The van der Waals surface area contributed by atoms with Crippen molar-refractivity contribution in [2.24, 2.45) is 0 Å². The normalized spacial score (nSPS) is 17.0. The maximum atomic E-state index is 13.0. The summed E-state index contributed by atoms with van der Waals surface area (Å²) in [4.78, 5) is 37.1. The summed E-state index contributed by atoms with van der Waals surface area (Å²) < 4.78 is 13.0. The van der Waals surface area contributed by atoms with Crippen LogP contribution in [0.3, 0.4) is 0 Å². The third kappa shape index (κ3) is 3.21. The molecule has 2 N–H and O–H groups in total. The van der Waals surface area contributed by atoms with Gasteiger partial charge < -0.3 is 10.4 Å². The molecule has 25 heavy (non-hydrogen) atoms. The molecule has 0 aliphatic carbocycles. The van der Waals surface area contributed by atoms with Crippen molar-refractivity contribution in [3.05, 3.63) is 59.4 Å². The van der Waals surface area contributed by atoms with Crippen LogP contribution >= 0.6 is 0 Å². The monoisotopic (exact) mass is 342 g/mol. The molecule has 7 heteroatoms. The Morgan fingerprint density at radius 3 is 2.52 bits per heavy atom. The summed E-state index contributed by atoms with van der Waals surface area (Å²) in [6, 6.07) is 8.96. The van der Waals surface area contributed by atoms with E-state index in [0.717, 1.165) is 4.90 Å². The van der Waals surface area contributed by atoms with Crippen LogP contribution in [0, 0.1) is 12.7 Å². The summed E-state index contributed by atoms with van der Waals surface area (Å²) in [5.74, 6) is -2.43. The van der Waals surface area contributed by atoms with Crippen molar-refractivity contribution >= 4 is 29.2 Å². The molecule has 1 aliphatic heterocycles. The molecule has 2 aromatic carbocycles. The minimum Gasteiger partial charge on any atom is -0.478 e. The van der Waals surface area contributed by atoms with Gasteiger partial charge in [0.2, 0.25) is 5.91 Å². The van der Waals surface area contributed by atoms with Crippen molar-refractivity contribution in [3.8, 4) is 0 Å². The van der Waals surface area contributed by atoms with Crippen LogP contribution in [-0.2, 0) is 9.59 Å². The van der Waals surface area contributed by atoms with Crippen LogP contribution in [0.25, 0.3) is 0 Å². The molecular formula is C18H15FN2O4. The number of carboxylic acids is 1. The van der Waals surface area contributed by atoms with E-state index >= 15 is 0 Å². The fraction of sp³-hybridized carbons (Fsp3) is 0.167. The Balaban J connectivity index is 1.88. The van der Waals surface area contributed by atoms with Crippen LogP contribution in [0.5, 0.6) is 0 Å². The number of carbonyl (C=O) groups excluding carboxylic acids is 2. The standard InChI is InChI=1S/C18H15FN2O4/c1-10-2-3-11(18(24)25)8-15(10)21-16(22)9-14(17(21)23)20-13-6-4-12(19)5-7-13/h2-8,14,20H,9H2,1H3,(H,24,25). The second-order valence-corrected chi connectivity index (χ2v) is 5.78. The third-order valence-corrected chi connectivity index (χ3v) is 4.03. The highest BCUT2D eigenvalue weighted by molar-refractivity contribution is 6.23. The molecule has 1 fully saturated rings. The van der Waals surface area contributed by atoms with Gasteiger partial charge in [-0.2, -0.15) is 0 Å². The average molecular weight is 342 g/mol. The number of hydrogen-bond donors (Lipinski definition) is 2. The number of aromatic carboxylic acids is 1. The summed E-state index contributed by atoms with van der Waals surface area (Å²) in [5.41, 5.74) is 1.40. The van der Waals surface area contributed by atoms with Gasteiger partial charge >= 0.3 is 5.97 Å². The molecule has 0 saturated carbocycles. The molecule has 3 rings (SSSR count). The number of amides is 2. The molecule has 0 aromatic heterocycles. The van der Waals surface area contributed by atoms with Crippen LogP contribution in [0.4, 0.5) is 15.8 Å². The van der Waals surface area contributed by atoms with E-state index in [1.54, 1.807) is 13.0 Å². The molecule has 2 aromatic rings. The Bertz CT molecular complexity index is 864. The minimum absolute atomic E-state index is 0.00357. The third-order valence-electron chi connectivity index (χ3n) is 4.03. The second kappa shape index (κ2) is 6.35. The van der Waals surface area contributed by atoms with E-state index in [4.69, 9.17) is 5.11 Å². The zero-order chi connectivity index (χ0) is 18.1. The fourth-order valence-electron chi connectivity index (χ4n) is 2.73. The zero-order valence-corrected chi connectivity index (χ0v) is 13.3. The average Bonchev–Trinajstić information content (AvgIpc) is 2.84. The Morgan fingerprint density at radius 1 is 1.20 bits per heavy atom. The molecule has 128 valence electrons. The van der Waals surface area contributed by atoms with Gasteiger partial charge in [0.25, 0.3) is 5.91 Å². The Kier molecular flexibility index (Phi) is 4.22. The molecule has 6 nitrogen and oxygen atoms in total. The van der Waals surface area contributed by atoms with Crippen molar-refractivity contribution in [2.75, 3.05) is 10.2 Å². The van der Waals surface area contributed by atoms with E-state index in [0.29, 0.717) is 11.3 Å². The predicted molar refractivity (Wildman–Crippen MR) is 89.1 cm³/mol. The number of nitrogens with zero attached hydrogens (tertiary/aromatic N) is 1. The van der Waals surface area contributed by atoms with Crippen molar-refractivity contribution < 1.29 is 23.9 Å². The van der Waals surface area contributed by atoms with Crippen LogP contribution < -0.4 is 10.2 Å². The number of carbonyl (C=O) groups is 3. The number of halogens is 1. The van der Waals surface area contributed by atoms with Gasteiger partial charge in [-0.1, -0.05) is 6.07 Å². The molecule has 0 bridgehead atoms. The quantitative estimate of drug-likeness (QED) is 0.834. The van der Waals surface area contributed by atoms with Gasteiger partial charge in [0, 0.05) is 5.69 Å². The molecule has 1 aliphatic rings. The SMILES string of the molecule is Cc1ccc(C(=O)O)cc1N1C(=O)CC(Nc2ccc(F)cc2)C1=O. The number of aryl methyl sites for hydroxylation is 1. The van der Waals surface area contributed by atoms with Crippen LogP contribution in [0.15, 0.2) is 42.5 Å². The number of anilines is 2. The summed E-state index contributed by atoms with van der Waals surface area (Å²) in [7, 11) is 0. The highest BCUT2D eigenvalue weighted by Crippen LogP contribution is 2.28. The van der Waals surface area contributed by atoms with Gasteiger partial charge in [0.15, 0.2) is 0 Å². The number of imide groups is 1. The Labute approximate surface area is 142 Å². The van der Waals surface area contributed by atoms with E-state index in [-0.39, 0.29) is 17.7 Å². The lowest BCUT2D eigenvalue weighted by molar-refractivity contribution is -0.121. The maximum absolute atomic E-state index is 13.0. The molecule has 2 amide bonds. The number of benzene rings is 2. The lowest BCUT2D eigenvalue weighted by Gasteiger charge is -2.18. The van der Waals surface area contributed by atoms with E-state index in [1.165, 1.54) is 36.4 Å². The van der Waals surface area contributed by atoms with Crippen LogP contribution in [0.2, 0.25) is 0 Å². The van der Waals surface area contributed by atoms with Crippen molar-refractivity contribution in [1.82, 2.24) is 0 Å². The van der Waals surface area contributed by atoms with Crippen molar-refractivity contribution in [2.45, 2.75) is 19.4 Å². The van der Waals surface area contributed by atoms with E-state index in [1.807, 2.05) is 0 Å². The predicted octanol–water partition coefficient (Wildman–Crippen LogP) is 2.58. The van der Waals surface area contributed by atoms with Crippen LogP contribution in [-0.4, -0.2) is 28.9 Å². The number of carboxylic acid groups (broad SMARTS) is 1. The first-order chi connectivity index (χ1) is 11.9. The number of rotatable bonds is 4. The molecule has 1 heterocycles. The smallest absolute Gasteiger partial charge is 0.335 e. The Morgan fingerprint density at radius 2 is 1.88 bits per heavy atom. The Hall–Kier alpha value is -3.22. The van der Waals surface area contributed by atoms with Gasteiger partial charge in [-0.05, 0) is 48.9 Å². The minimum atomic E-state index is -1.14. The first-order valence-corrected chi connectivity index (χ1v) is 7.59. The summed E-state index contributed by atoms with van der Waals surface area (Å²) >= 11 is 0. The van der Waals surface area contributed by atoms with Gasteiger partial charge in [-0.25, -0.2) is 14.1 Å². The summed E-state index contributed by atoms with van der Waals surface area (Å²) in [6.45, 7) is 1.70. The molecule has 0 radical (unpaired) electrons. The molecule has 1 saturated heterocycles. The maximum Gasteiger partial charge on any atom is 0.335 e. The lowest BCUT2D eigenvalue weighted by Crippen LogP contribution is -2.35. The van der Waals surface area contributed by atoms with Crippen molar-refractivity contribution in [3.63, 3.8) is 0 Å². The lowest BCUT2D eigenvalue weighted by atomic mass is 10.1. The largest absolute Gasteiger partial charge is 0.478 e. The first-order valence-electron chi connectivity index (χ1n) is 7.59. The van der Waals surface area contributed by atoms with Crippen molar-refractivity contribution in [1.29, 1.82) is 0 Å². The summed E-state index contributed by atoms with van der Waals surface area (Å²) in [5, 5.41) is 12.0. The molecular weight excluding hydrogens is 327 g/mol. The van der Waals surface area contributed by atoms with Gasteiger partial charge in [0.05, 0.1) is 17.7 Å².